The fourth-order valence-corrected chi connectivity index (χ4v) is 4.75. The maximum atomic E-state index is 13.1. The van der Waals surface area contributed by atoms with E-state index in [1.165, 1.54) is 0 Å². The van der Waals surface area contributed by atoms with Crippen molar-refractivity contribution in [1.29, 1.82) is 0 Å². The van der Waals surface area contributed by atoms with Gasteiger partial charge in [-0.15, -0.1) is 11.3 Å². The van der Waals surface area contributed by atoms with Crippen molar-refractivity contribution < 1.29 is 9.90 Å². The van der Waals surface area contributed by atoms with Gasteiger partial charge in [0.25, 0.3) is 0 Å². The molecule has 0 bridgehead atoms. The summed E-state index contributed by atoms with van der Waals surface area (Å²) in [6.07, 6.45) is 0.338. The lowest BCUT2D eigenvalue weighted by molar-refractivity contribution is 0.0602. The molecular formula is C21H19N3O2S. The molecule has 1 N–H and O–H groups in total. The molecule has 27 heavy (non-hydrogen) atoms. The second kappa shape index (κ2) is 5.47. The summed E-state index contributed by atoms with van der Waals surface area (Å²) in [4.78, 5) is 24.3. The number of nitrogens with zero attached hydrogens (tertiary/aromatic N) is 3. The number of Topliss-reactive ketones (excluding diaryl/α,β-unsaturated/α-hetero) is 1. The molecule has 136 valence electrons. The minimum atomic E-state index is -1.55. The molecule has 5 rings (SSSR count). The number of hydrogen-bond donors (Lipinski definition) is 1. The molecule has 1 fully saturated rings. The summed E-state index contributed by atoms with van der Waals surface area (Å²) in [7, 11) is 0. The summed E-state index contributed by atoms with van der Waals surface area (Å²) in [5, 5.41) is 12.2. The zero-order chi connectivity index (χ0) is 18.9. The van der Waals surface area contributed by atoms with Crippen LogP contribution >= 0.6 is 11.3 Å². The van der Waals surface area contributed by atoms with E-state index in [1.807, 2.05) is 56.0 Å². The Balaban J connectivity index is 1.66. The Morgan fingerprint density at radius 1 is 1.15 bits per heavy atom. The molecule has 0 spiro atoms. The van der Waals surface area contributed by atoms with E-state index < -0.39 is 5.60 Å². The van der Waals surface area contributed by atoms with Gasteiger partial charge in [-0.3, -0.25) is 4.79 Å². The van der Waals surface area contributed by atoms with Gasteiger partial charge in [0.2, 0.25) is 5.78 Å². The van der Waals surface area contributed by atoms with Crippen molar-refractivity contribution in [2.24, 2.45) is 4.99 Å². The molecule has 3 heterocycles. The normalized spacial score (nSPS) is 21.4. The Morgan fingerprint density at radius 3 is 2.74 bits per heavy atom. The summed E-state index contributed by atoms with van der Waals surface area (Å²) in [5.74, 6) is 0.174. The number of aliphatic imine (C=N–C) groups is 1. The van der Waals surface area contributed by atoms with Gasteiger partial charge in [0, 0.05) is 24.2 Å². The predicted molar refractivity (Wildman–Crippen MR) is 109 cm³/mol. The number of rotatable bonds is 1. The number of hydrogen-bond acceptors (Lipinski definition) is 6. The quantitative estimate of drug-likeness (QED) is 0.694. The van der Waals surface area contributed by atoms with Crippen molar-refractivity contribution in [2.45, 2.75) is 32.8 Å². The highest BCUT2D eigenvalue weighted by Crippen LogP contribution is 2.41. The number of aryl methyl sites for hydroxylation is 3. The molecule has 2 aliphatic heterocycles. The van der Waals surface area contributed by atoms with Gasteiger partial charge >= 0.3 is 0 Å². The van der Waals surface area contributed by atoms with E-state index in [4.69, 9.17) is 4.99 Å². The number of anilines is 1. The molecule has 5 nitrogen and oxygen atoms in total. The summed E-state index contributed by atoms with van der Waals surface area (Å²) in [6.45, 7) is 6.51. The molecule has 1 saturated heterocycles. The first-order valence-electron chi connectivity index (χ1n) is 8.99. The first kappa shape index (κ1) is 16.6. The minimum Gasteiger partial charge on any atom is -0.374 e. The molecule has 1 atom stereocenters. The molecule has 0 saturated carbocycles. The van der Waals surface area contributed by atoms with Crippen LogP contribution in [0.15, 0.2) is 35.3 Å². The van der Waals surface area contributed by atoms with E-state index >= 15 is 0 Å². The van der Waals surface area contributed by atoms with E-state index in [-0.39, 0.29) is 5.78 Å². The van der Waals surface area contributed by atoms with E-state index in [0.717, 1.165) is 32.0 Å². The second-order valence-corrected chi connectivity index (χ2v) is 8.60. The lowest BCUT2D eigenvalue weighted by Crippen LogP contribution is -2.48. The second-order valence-electron chi connectivity index (χ2n) is 7.36. The van der Waals surface area contributed by atoms with Crippen LogP contribution in [0.2, 0.25) is 0 Å². The summed E-state index contributed by atoms with van der Waals surface area (Å²) < 4.78 is 1.13. The highest BCUT2D eigenvalue weighted by molar-refractivity contribution is 7.18. The Morgan fingerprint density at radius 2 is 1.93 bits per heavy atom. The third-order valence-electron chi connectivity index (χ3n) is 5.57. The lowest BCUT2D eigenvalue weighted by atomic mass is 9.86. The zero-order valence-corrected chi connectivity index (χ0v) is 16.2. The highest BCUT2D eigenvalue weighted by Gasteiger charge is 2.52. The Hall–Kier alpha value is -2.57. The van der Waals surface area contributed by atoms with E-state index in [2.05, 4.69) is 4.98 Å². The van der Waals surface area contributed by atoms with Crippen LogP contribution in [0.1, 0.15) is 32.9 Å². The van der Waals surface area contributed by atoms with Crippen molar-refractivity contribution >= 4 is 44.5 Å². The average Bonchev–Trinajstić information content (AvgIpc) is 3.16. The van der Waals surface area contributed by atoms with Gasteiger partial charge in [0.15, 0.2) is 5.60 Å². The SMILES string of the molecule is Cc1nc2cc(N3CC[C@@]4(O)C(=O)c5cc(C)c(C)cc5N=C34)ccc2s1. The third-order valence-corrected chi connectivity index (χ3v) is 6.52. The maximum Gasteiger partial charge on any atom is 0.204 e. The zero-order valence-electron chi connectivity index (χ0n) is 15.4. The number of thiazole rings is 1. The van der Waals surface area contributed by atoms with Gasteiger partial charge in [-0.25, -0.2) is 9.98 Å². The van der Waals surface area contributed by atoms with Crippen molar-refractivity contribution in [3.05, 3.63) is 52.0 Å². The minimum absolute atomic E-state index is 0.251. The van der Waals surface area contributed by atoms with Crippen LogP contribution in [0.5, 0.6) is 0 Å². The van der Waals surface area contributed by atoms with Gasteiger partial charge in [-0.05, 0) is 62.2 Å². The summed E-state index contributed by atoms with van der Waals surface area (Å²) in [5.41, 5.74) is 3.55. The summed E-state index contributed by atoms with van der Waals surface area (Å²) >= 11 is 1.66. The van der Waals surface area contributed by atoms with Crippen molar-refractivity contribution in [3.8, 4) is 0 Å². The van der Waals surface area contributed by atoms with Crippen molar-refractivity contribution in [2.75, 3.05) is 11.4 Å². The number of aromatic nitrogens is 1. The standard InChI is InChI=1S/C21H19N3O2S/c1-11-8-15-16(9-12(11)2)23-20-21(26,19(15)25)6-7-24(20)14-4-5-18-17(10-14)22-13(3)27-18/h4-5,8-10,26H,6-7H2,1-3H3/t21-/m1/s1. The van der Waals surface area contributed by atoms with Gasteiger partial charge in [0.05, 0.1) is 20.9 Å². The molecule has 2 aromatic carbocycles. The van der Waals surface area contributed by atoms with Crippen LogP contribution in [0.25, 0.3) is 10.2 Å². The Bertz CT molecular complexity index is 1160. The number of carbonyl (C=O) groups excluding carboxylic acids is 1. The van der Waals surface area contributed by atoms with E-state index in [1.54, 1.807) is 11.3 Å². The first-order valence-corrected chi connectivity index (χ1v) is 9.81. The number of ketones is 1. The topological polar surface area (TPSA) is 65.8 Å². The third kappa shape index (κ3) is 2.30. The number of aliphatic hydroxyl groups is 1. The predicted octanol–water partition coefficient (Wildman–Crippen LogP) is 4.09. The van der Waals surface area contributed by atoms with Gasteiger partial charge in [0.1, 0.15) is 5.84 Å². The molecule has 0 aliphatic carbocycles. The Labute approximate surface area is 161 Å². The van der Waals surface area contributed by atoms with Crippen LogP contribution in [0, 0.1) is 20.8 Å². The van der Waals surface area contributed by atoms with Crippen LogP contribution in [0.4, 0.5) is 11.4 Å². The first-order chi connectivity index (χ1) is 12.9. The number of amidine groups is 1. The molecule has 2 aliphatic rings. The fraction of sp³-hybridized carbons (Fsp3) is 0.286. The summed E-state index contributed by atoms with van der Waals surface area (Å²) in [6, 6.07) is 9.83. The van der Waals surface area contributed by atoms with Gasteiger partial charge < -0.3 is 10.0 Å². The number of carbonyl (C=O) groups is 1. The molecule has 3 aromatic rings. The fourth-order valence-electron chi connectivity index (χ4n) is 3.94. The number of fused-ring (bicyclic) bond motifs is 3. The molecule has 0 unspecified atom stereocenters. The molecular weight excluding hydrogens is 358 g/mol. The monoisotopic (exact) mass is 377 g/mol. The van der Waals surface area contributed by atoms with Crippen LogP contribution in [0.3, 0.4) is 0 Å². The van der Waals surface area contributed by atoms with Crippen molar-refractivity contribution in [1.82, 2.24) is 4.98 Å². The molecule has 0 amide bonds. The van der Waals surface area contributed by atoms with Gasteiger partial charge in [-0.2, -0.15) is 0 Å². The molecule has 0 radical (unpaired) electrons. The number of benzene rings is 2. The maximum absolute atomic E-state index is 13.1. The van der Waals surface area contributed by atoms with Crippen molar-refractivity contribution in [3.63, 3.8) is 0 Å². The van der Waals surface area contributed by atoms with Crippen LogP contribution < -0.4 is 4.90 Å². The van der Waals surface area contributed by atoms with Gasteiger partial charge in [-0.1, -0.05) is 0 Å². The highest BCUT2D eigenvalue weighted by atomic mass is 32.1. The van der Waals surface area contributed by atoms with Crippen LogP contribution in [-0.2, 0) is 0 Å². The van der Waals surface area contributed by atoms with Crippen LogP contribution in [-0.4, -0.2) is 33.9 Å². The average molecular weight is 377 g/mol. The lowest BCUT2D eigenvalue weighted by Gasteiger charge is -2.30. The van der Waals surface area contributed by atoms with E-state index in [9.17, 15) is 9.90 Å². The Kier molecular flexibility index (Phi) is 3.36. The smallest absolute Gasteiger partial charge is 0.204 e. The molecule has 1 aromatic heterocycles. The van der Waals surface area contributed by atoms with E-state index in [0.29, 0.717) is 30.1 Å². The molecule has 6 heteroatoms. The largest absolute Gasteiger partial charge is 0.374 e.